The minimum Gasteiger partial charge on any atom is -0.462 e. The maximum Gasteiger partial charge on any atom is 0.297 e. The third kappa shape index (κ3) is 4.26. The van der Waals surface area contributed by atoms with Crippen molar-refractivity contribution in [2.45, 2.75) is 44.4 Å². The first-order valence-corrected chi connectivity index (χ1v) is 12.6. The molecule has 0 unspecified atom stereocenters. The topological polar surface area (TPSA) is 138 Å². The molecule has 0 amide bonds. The molecule has 34 heavy (non-hydrogen) atoms. The van der Waals surface area contributed by atoms with Crippen LogP contribution in [0, 0.1) is 0 Å². The molecule has 178 valence electrons. The number of pyridine rings is 1. The molecule has 12 heteroatoms. The van der Waals surface area contributed by atoms with E-state index in [2.05, 4.69) is 25.0 Å². The van der Waals surface area contributed by atoms with E-state index in [4.69, 9.17) is 9.84 Å². The fourth-order valence-corrected chi connectivity index (χ4v) is 5.23. The average Bonchev–Trinajstić information content (AvgIpc) is 3.44. The molecule has 1 N–H and O–H groups in total. The number of hydrogen-bond donors (Lipinski definition) is 1. The van der Waals surface area contributed by atoms with Crippen molar-refractivity contribution in [3.05, 3.63) is 48.3 Å². The van der Waals surface area contributed by atoms with Crippen molar-refractivity contribution < 1.29 is 18.3 Å². The molecule has 11 nitrogen and oxygen atoms in total. The summed E-state index contributed by atoms with van der Waals surface area (Å²) >= 11 is 0. The van der Waals surface area contributed by atoms with E-state index in [-0.39, 0.29) is 24.5 Å². The summed E-state index contributed by atoms with van der Waals surface area (Å²) in [7, 11) is -3.44. The summed E-state index contributed by atoms with van der Waals surface area (Å²) in [5.41, 5.74) is 3.66. The Morgan fingerprint density at radius 3 is 2.74 bits per heavy atom. The summed E-state index contributed by atoms with van der Waals surface area (Å²) in [5.74, 6) is 0.405. The van der Waals surface area contributed by atoms with E-state index in [1.165, 1.54) is 12.4 Å². The number of rotatable bonds is 9. The van der Waals surface area contributed by atoms with Gasteiger partial charge in [-0.05, 0) is 38.8 Å². The summed E-state index contributed by atoms with van der Waals surface area (Å²) in [4.78, 5) is 17.9. The van der Waals surface area contributed by atoms with Gasteiger partial charge in [0.15, 0.2) is 5.82 Å². The Morgan fingerprint density at radius 1 is 1.18 bits per heavy atom. The Labute approximate surface area is 196 Å². The van der Waals surface area contributed by atoms with E-state index in [9.17, 15) is 8.42 Å². The van der Waals surface area contributed by atoms with Crippen LogP contribution in [-0.4, -0.2) is 65.7 Å². The molecular formula is C22H25N7O4S. The molecule has 1 aliphatic rings. The van der Waals surface area contributed by atoms with Gasteiger partial charge in [-0.1, -0.05) is 0 Å². The molecule has 4 aromatic heterocycles. The third-order valence-corrected chi connectivity index (χ3v) is 7.57. The Kier molecular flexibility index (Phi) is 5.78. The van der Waals surface area contributed by atoms with Gasteiger partial charge in [0, 0.05) is 24.4 Å². The molecule has 0 aromatic carbocycles. The minimum absolute atomic E-state index is 0.0910. The average molecular weight is 484 g/mol. The Balaban J connectivity index is 1.42. The Hall–Kier alpha value is -3.38. The number of nitrogens with zero attached hydrogens (tertiary/aromatic N) is 7. The molecule has 1 saturated carbocycles. The molecule has 0 saturated heterocycles. The van der Waals surface area contributed by atoms with Crippen molar-refractivity contribution >= 4 is 21.1 Å². The van der Waals surface area contributed by atoms with E-state index in [1.807, 2.05) is 24.5 Å². The smallest absolute Gasteiger partial charge is 0.297 e. The molecule has 4 heterocycles. The number of imidazole rings is 1. The summed E-state index contributed by atoms with van der Waals surface area (Å²) in [6, 6.07) is 4.30. The van der Waals surface area contributed by atoms with Crippen LogP contribution < -0.4 is 4.74 Å². The molecule has 0 aliphatic heterocycles. The van der Waals surface area contributed by atoms with Gasteiger partial charge < -0.3 is 9.84 Å². The zero-order valence-corrected chi connectivity index (χ0v) is 19.7. The van der Waals surface area contributed by atoms with Gasteiger partial charge in [0.05, 0.1) is 47.2 Å². The number of ether oxygens (including phenoxy) is 1. The summed E-state index contributed by atoms with van der Waals surface area (Å²) in [6.07, 6.45) is 8.07. The molecule has 0 bridgehead atoms. The second-order valence-electron chi connectivity index (χ2n) is 8.49. The quantitative estimate of drug-likeness (QED) is 0.378. The molecular weight excluding hydrogens is 458 g/mol. The van der Waals surface area contributed by atoms with E-state index >= 15 is 0 Å². The maximum atomic E-state index is 12.4. The first-order chi connectivity index (χ1) is 16.4. The molecule has 4 aromatic rings. The number of aromatic nitrogens is 7. The van der Waals surface area contributed by atoms with Gasteiger partial charge in [-0.2, -0.15) is 14.2 Å². The highest BCUT2D eigenvalue weighted by Crippen LogP contribution is 2.30. The summed E-state index contributed by atoms with van der Waals surface area (Å²) < 4.78 is 33.4. The zero-order valence-electron chi connectivity index (χ0n) is 18.9. The molecule has 1 aliphatic carbocycles. The maximum absolute atomic E-state index is 12.4. The molecule has 1 fully saturated rings. The normalized spacial score (nSPS) is 14.2. The summed E-state index contributed by atoms with van der Waals surface area (Å²) in [5, 5.41) is 12.8. The fourth-order valence-electron chi connectivity index (χ4n) is 3.75. The minimum atomic E-state index is -3.44. The fraction of sp³-hybridized carbons (Fsp3) is 0.409. The highest BCUT2D eigenvalue weighted by Gasteiger charge is 2.37. The largest absolute Gasteiger partial charge is 0.462 e. The van der Waals surface area contributed by atoms with Crippen molar-refractivity contribution in [3.8, 4) is 17.4 Å². The van der Waals surface area contributed by atoms with Gasteiger partial charge >= 0.3 is 0 Å². The third-order valence-electron chi connectivity index (χ3n) is 5.54. The lowest BCUT2D eigenvalue weighted by atomic mass is 10.2. The summed E-state index contributed by atoms with van der Waals surface area (Å²) in [6.45, 7) is 4.14. The van der Waals surface area contributed by atoms with Crippen LogP contribution in [0.15, 0.2) is 36.9 Å². The second kappa shape index (κ2) is 8.76. The van der Waals surface area contributed by atoms with Crippen molar-refractivity contribution in [2.75, 3.05) is 13.2 Å². The monoisotopic (exact) mass is 483 g/mol. The standard InChI is InChI=1S/C22H25N7O4S/c1-14(2)29-20-10-17(24-12-19(20)27-22(29)33-8-7-30)9-16-5-6-23-21(26-16)15-11-25-28(13-15)34(31,32)18-3-4-18/h5-6,10-14,18,30H,3-4,7-9H2,1-2H3. The van der Waals surface area contributed by atoms with Crippen LogP contribution >= 0.6 is 0 Å². The highest BCUT2D eigenvalue weighted by atomic mass is 32.2. The molecule has 0 atom stereocenters. The molecule has 5 rings (SSSR count). The number of hydrogen-bond acceptors (Lipinski definition) is 9. The van der Waals surface area contributed by atoms with Crippen LogP contribution in [0.3, 0.4) is 0 Å². The number of fused-ring (bicyclic) bond motifs is 1. The van der Waals surface area contributed by atoms with Gasteiger partial charge in [0.25, 0.3) is 16.0 Å². The predicted molar refractivity (Wildman–Crippen MR) is 124 cm³/mol. The van der Waals surface area contributed by atoms with Crippen molar-refractivity contribution in [1.82, 2.24) is 33.7 Å². The van der Waals surface area contributed by atoms with E-state index in [0.29, 0.717) is 42.2 Å². The molecule has 0 radical (unpaired) electrons. The zero-order chi connectivity index (χ0) is 23.9. The van der Waals surface area contributed by atoms with Crippen molar-refractivity contribution in [3.63, 3.8) is 0 Å². The number of aliphatic hydroxyl groups excluding tert-OH is 1. The van der Waals surface area contributed by atoms with Gasteiger partial charge in [-0.3, -0.25) is 9.55 Å². The van der Waals surface area contributed by atoms with E-state index < -0.39 is 10.0 Å². The second-order valence-corrected chi connectivity index (χ2v) is 10.6. The van der Waals surface area contributed by atoms with Gasteiger partial charge in [0.2, 0.25) is 0 Å². The van der Waals surface area contributed by atoms with E-state index in [1.54, 1.807) is 18.5 Å². The van der Waals surface area contributed by atoms with Crippen LogP contribution in [0.5, 0.6) is 6.01 Å². The first-order valence-electron chi connectivity index (χ1n) is 11.1. The van der Waals surface area contributed by atoms with Crippen LogP contribution in [0.4, 0.5) is 0 Å². The van der Waals surface area contributed by atoms with Crippen LogP contribution in [0.25, 0.3) is 22.4 Å². The Bertz CT molecular complexity index is 1440. The van der Waals surface area contributed by atoms with Crippen LogP contribution in [0.1, 0.15) is 44.1 Å². The van der Waals surface area contributed by atoms with Crippen LogP contribution in [0.2, 0.25) is 0 Å². The van der Waals surface area contributed by atoms with Gasteiger partial charge in [-0.25, -0.2) is 18.4 Å². The van der Waals surface area contributed by atoms with Crippen molar-refractivity contribution in [1.29, 1.82) is 0 Å². The van der Waals surface area contributed by atoms with Crippen LogP contribution in [-0.2, 0) is 16.4 Å². The lowest BCUT2D eigenvalue weighted by molar-refractivity contribution is 0.185. The lowest BCUT2D eigenvalue weighted by Gasteiger charge is -2.13. The van der Waals surface area contributed by atoms with Gasteiger partial charge in [0.1, 0.15) is 12.1 Å². The Morgan fingerprint density at radius 2 is 2.00 bits per heavy atom. The highest BCUT2D eigenvalue weighted by molar-refractivity contribution is 7.90. The predicted octanol–water partition coefficient (Wildman–Crippen LogP) is 1.97. The molecule has 0 spiro atoms. The van der Waals surface area contributed by atoms with Gasteiger partial charge in [-0.15, -0.1) is 0 Å². The van der Waals surface area contributed by atoms with Crippen molar-refractivity contribution in [2.24, 2.45) is 0 Å². The first kappa shape index (κ1) is 22.4. The lowest BCUT2D eigenvalue weighted by Crippen LogP contribution is -2.17. The van der Waals surface area contributed by atoms with E-state index in [0.717, 1.165) is 21.0 Å². The number of aliphatic hydroxyl groups is 1. The SMILES string of the molecule is CC(C)n1c(OCCO)nc2cnc(Cc3ccnc(-c4cnn(S(=O)(=O)C5CC5)c4)n3)cc21.